The van der Waals surface area contributed by atoms with Crippen LogP contribution in [0.1, 0.15) is 0 Å². The lowest BCUT2D eigenvalue weighted by molar-refractivity contribution is 0.190. The number of aromatic nitrogens is 1. The number of methoxy groups -OCH3 is 2. The maximum absolute atomic E-state index is 5.29. The van der Waals surface area contributed by atoms with Crippen LogP contribution in [-0.2, 0) is 9.47 Å². The smallest absolute Gasteiger partial charge is 0.201 e. The van der Waals surface area contributed by atoms with E-state index in [0.29, 0.717) is 13.2 Å². The van der Waals surface area contributed by atoms with Crippen LogP contribution in [0.4, 0.5) is 5.69 Å². The minimum atomic E-state index is 0.690. The van der Waals surface area contributed by atoms with E-state index in [1.807, 2.05) is 11.3 Å². The van der Waals surface area contributed by atoms with Gasteiger partial charge in [-0.2, -0.15) is 0 Å². The van der Waals surface area contributed by atoms with E-state index in [1.54, 1.807) is 14.2 Å². The lowest BCUT2D eigenvalue weighted by atomic mass is 10.2. The maximum Gasteiger partial charge on any atom is 0.201 e. The second-order valence-electron chi connectivity index (χ2n) is 7.23. The van der Waals surface area contributed by atoms with Crippen molar-refractivity contribution in [3.05, 3.63) is 41.8 Å². The predicted molar refractivity (Wildman–Crippen MR) is 120 cm³/mol. The second-order valence-corrected chi connectivity index (χ2v) is 8.31. The van der Waals surface area contributed by atoms with Crippen LogP contribution in [0, 0.1) is 0 Å². The Balaban J connectivity index is 1.72. The molecule has 0 saturated carbocycles. The SMILES string of the molecule is COCCN(CCOC)c1ccc2nc3ccc(=[N+]4CCNCC4)cc-3sc2c1. The zero-order valence-electron chi connectivity index (χ0n) is 17.2. The van der Waals surface area contributed by atoms with Gasteiger partial charge >= 0.3 is 0 Å². The summed E-state index contributed by atoms with van der Waals surface area (Å²) < 4.78 is 14.2. The molecule has 3 aliphatic rings. The summed E-state index contributed by atoms with van der Waals surface area (Å²) in [6.45, 7) is 7.24. The van der Waals surface area contributed by atoms with Gasteiger partial charge in [0.15, 0.2) is 13.1 Å². The van der Waals surface area contributed by atoms with Gasteiger partial charge in [0.05, 0.1) is 47.1 Å². The average molecular weight is 414 g/mol. The molecule has 0 bridgehead atoms. The molecule has 0 amide bonds. The molecule has 0 radical (unpaired) electrons. The molecule has 2 aliphatic heterocycles. The van der Waals surface area contributed by atoms with Crippen molar-refractivity contribution in [2.45, 2.75) is 0 Å². The van der Waals surface area contributed by atoms with E-state index in [9.17, 15) is 0 Å². The summed E-state index contributed by atoms with van der Waals surface area (Å²) in [7, 11) is 3.48. The molecule has 0 spiro atoms. The van der Waals surface area contributed by atoms with Crippen LogP contribution in [-0.4, -0.2) is 71.7 Å². The van der Waals surface area contributed by atoms with E-state index in [-0.39, 0.29) is 0 Å². The summed E-state index contributed by atoms with van der Waals surface area (Å²) in [4.78, 5) is 8.43. The first-order valence-electron chi connectivity index (χ1n) is 10.1. The summed E-state index contributed by atoms with van der Waals surface area (Å²) in [5.74, 6) is 0. The van der Waals surface area contributed by atoms with Crippen LogP contribution in [0.3, 0.4) is 0 Å². The monoisotopic (exact) mass is 413 g/mol. The maximum atomic E-state index is 5.29. The van der Waals surface area contributed by atoms with Crippen LogP contribution >= 0.6 is 11.3 Å². The Kier molecular flexibility index (Phi) is 6.71. The van der Waals surface area contributed by atoms with Crippen LogP contribution in [0.5, 0.6) is 0 Å². The van der Waals surface area contributed by atoms with Gasteiger partial charge in [-0.1, -0.05) is 0 Å². The fourth-order valence-corrected chi connectivity index (χ4v) is 4.72. The van der Waals surface area contributed by atoms with Crippen molar-refractivity contribution < 1.29 is 9.47 Å². The molecule has 0 aromatic heterocycles. The summed E-state index contributed by atoms with van der Waals surface area (Å²) >= 11 is 1.81. The Morgan fingerprint density at radius 2 is 1.79 bits per heavy atom. The molecule has 7 heteroatoms. The first-order valence-corrected chi connectivity index (χ1v) is 11.0. The molecule has 1 aromatic carbocycles. The van der Waals surface area contributed by atoms with Crippen molar-refractivity contribution in [2.75, 3.05) is 71.6 Å². The summed E-state index contributed by atoms with van der Waals surface area (Å²) in [5, 5.41) is 4.70. The Labute approximate surface area is 175 Å². The number of nitrogens with zero attached hydrogens (tertiary/aromatic N) is 3. The van der Waals surface area contributed by atoms with Gasteiger partial charge < -0.3 is 19.7 Å². The molecule has 6 nitrogen and oxygen atoms in total. The molecule has 1 fully saturated rings. The quantitative estimate of drug-likeness (QED) is 0.473. The minimum Gasteiger partial charge on any atom is -0.383 e. The molecule has 29 heavy (non-hydrogen) atoms. The van der Waals surface area contributed by atoms with Crippen LogP contribution in [0.2, 0.25) is 0 Å². The van der Waals surface area contributed by atoms with Gasteiger partial charge in [0, 0.05) is 45.1 Å². The molecule has 1 N–H and O–H groups in total. The highest BCUT2D eigenvalue weighted by molar-refractivity contribution is 7.21. The summed E-state index contributed by atoms with van der Waals surface area (Å²) in [6, 6.07) is 13.2. The van der Waals surface area contributed by atoms with Crippen molar-refractivity contribution in [3.63, 3.8) is 0 Å². The standard InChI is InChI=1S/C22H29N4O2S/c1-27-13-11-26(12-14-28-2)18-4-6-20-22(16-18)29-21-15-17(3-5-19(21)24-20)25-9-7-23-8-10-25/h3-6,15-16,23H,7-14H2,1-2H3/q+1. The Morgan fingerprint density at radius 3 is 2.52 bits per heavy atom. The molecular formula is C22H29N4O2S+. The van der Waals surface area contributed by atoms with Gasteiger partial charge in [-0.25, -0.2) is 9.56 Å². The van der Waals surface area contributed by atoms with Gasteiger partial charge in [0.2, 0.25) is 5.36 Å². The van der Waals surface area contributed by atoms with Gasteiger partial charge in [-0.3, -0.25) is 0 Å². The predicted octanol–water partition coefficient (Wildman–Crippen LogP) is 1.88. The van der Waals surface area contributed by atoms with E-state index < -0.39 is 0 Å². The molecule has 154 valence electrons. The lowest BCUT2D eigenvalue weighted by Gasteiger charge is -2.24. The number of hydrogen-bond acceptors (Lipinski definition) is 6. The minimum absolute atomic E-state index is 0.690. The Bertz CT molecular complexity index is 988. The van der Waals surface area contributed by atoms with Crippen molar-refractivity contribution in [1.29, 1.82) is 0 Å². The summed E-state index contributed by atoms with van der Waals surface area (Å²) in [6.07, 6.45) is 0. The zero-order valence-corrected chi connectivity index (χ0v) is 18.0. The number of hydrogen-bond donors (Lipinski definition) is 1. The van der Waals surface area contributed by atoms with Crippen molar-refractivity contribution >= 4 is 27.2 Å². The number of rotatable bonds is 7. The third kappa shape index (κ3) is 4.75. The fraction of sp³-hybridized carbons (Fsp3) is 0.455. The number of fused-ring (bicyclic) bond motifs is 2. The number of nitrogens with one attached hydrogen (secondary N) is 1. The van der Waals surface area contributed by atoms with E-state index in [0.717, 1.165) is 50.5 Å². The molecule has 2 heterocycles. The van der Waals surface area contributed by atoms with E-state index >= 15 is 0 Å². The highest BCUT2D eigenvalue weighted by Crippen LogP contribution is 2.31. The third-order valence-electron chi connectivity index (χ3n) is 5.33. The number of anilines is 1. The topological polar surface area (TPSA) is 49.6 Å². The lowest BCUT2D eigenvalue weighted by Crippen LogP contribution is -2.45. The van der Waals surface area contributed by atoms with Gasteiger partial charge in [0.1, 0.15) is 0 Å². The number of piperazine rings is 1. The molecule has 1 saturated heterocycles. The molecule has 1 aliphatic carbocycles. The Hall–Kier alpha value is -2.06. The molecule has 0 unspecified atom stereocenters. The normalized spacial score (nSPS) is 14.6. The first kappa shape index (κ1) is 20.2. The van der Waals surface area contributed by atoms with Gasteiger partial charge in [-0.15, -0.1) is 11.3 Å². The highest BCUT2D eigenvalue weighted by Gasteiger charge is 2.15. The largest absolute Gasteiger partial charge is 0.383 e. The average Bonchev–Trinajstić information content (AvgIpc) is 2.77. The third-order valence-corrected chi connectivity index (χ3v) is 6.42. The van der Waals surface area contributed by atoms with E-state index in [2.05, 4.69) is 51.2 Å². The highest BCUT2D eigenvalue weighted by atomic mass is 32.1. The molecule has 4 rings (SSSR count). The number of benzene rings is 2. The second kappa shape index (κ2) is 9.63. The summed E-state index contributed by atoms with van der Waals surface area (Å²) in [5.41, 5.74) is 3.28. The van der Waals surface area contributed by atoms with Crippen molar-refractivity contribution in [2.24, 2.45) is 0 Å². The Morgan fingerprint density at radius 1 is 1.03 bits per heavy atom. The molecular weight excluding hydrogens is 384 g/mol. The first-order chi connectivity index (χ1) is 14.3. The number of ether oxygens (including phenoxy) is 2. The zero-order chi connectivity index (χ0) is 20.1. The van der Waals surface area contributed by atoms with Gasteiger partial charge in [0.25, 0.3) is 0 Å². The van der Waals surface area contributed by atoms with Crippen molar-refractivity contribution in [3.8, 4) is 10.6 Å². The molecule has 1 aromatic rings. The van der Waals surface area contributed by atoms with Crippen molar-refractivity contribution in [1.82, 2.24) is 14.9 Å². The van der Waals surface area contributed by atoms with Crippen LogP contribution in [0.25, 0.3) is 20.8 Å². The van der Waals surface area contributed by atoms with Crippen LogP contribution < -0.4 is 20.1 Å². The molecule has 0 atom stereocenters. The van der Waals surface area contributed by atoms with Gasteiger partial charge in [-0.05, 0) is 24.3 Å². The van der Waals surface area contributed by atoms with E-state index in [4.69, 9.17) is 14.5 Å². The fourth-order valence-electron chi connectivity index (χ4n) is 3.69. The van der Waals surface area contributed by atoms with Crippen LogP contribution in [0.15, 0.2) is 36.4 Å². The van der Waals surface area contributed by atoms with E-state index in [1.165, 1.54) is 20.6 Å².